The molecule has 0 radical (unpaired) electrons. The van der Waals surface area contributed by atoms with Crippen LogP contribution in [0.2, 0.25) is 0 Å². The smallest absolute Gasteiger partial charge is 0.328 e. The van der Waals surface area contributed by atoms with Gasteiger partial charge in [0.1, 0.15) is 0 Å². The number of nitrogens with one attached hydrogen (secondary N) is 1. The van der Waals surface area contributed by atoms with Crippen LogP contribution >= 0.6 is 11.8 Å². The minimum absolute atomic E-state index is 0.486. The average Bonchev–Trinajstić information content (AvgIpc) is 2.76. The number of carboxylic acid groups (broad SMARTS) is 2. The van der Waals surface area contributed by atoms with E-state index in [1.54, 1.807) is 0 Å². The first-order valence-electron chi connectivity index (χ1n) is 7.57. The average molecular weight is 347 g/mol. The van der Waals surface area contributed by atoms with Crippen molar-refractivity contribution < 1.29 is 19.8 Å². The molecule has 6 heteroatoms. The molecule has 0 bridgehead atoms. The van der Waals surface area contributed by atoms with Gasteiger partial charge in [-0.3, -0.25) is 0 Å². The summed E-state index contributed by atoms with van der Waals surface area (Å²) in [5, 5.41) is 19.2. The van der Waals surface area contributed by atoms with Gasteiger partial charge in [0.2, 0.25) is 0 Å². The zero-order valence-corrected chi connectivity index (χ0v) is 14.1. The van der Waals surface area contributed by atoms with Crippen LogP contribution in [0.4, 0.5) is 0 Å². The molecule has 0 aliphatic carbocycles. The quantitative estimate of drug-likeness (QED) is 0.431. The standard InChI is InChI=1S/C14H17NS.C4H4O4/c1-2-3-10-15-13-8-6-11-16-14-9-5-4-7-12(13)14;5-3(6)1-2-4(7)8/h1,4-5,7,9,13,15H,3,6,8,10-11H2;1-2H,(H,5,6)(H,7,8). The lowest BCUT2D eigenvalue weighted by molar-refractivity contribution is -0.134. The number of terminal acetylenes is 1. The SMILES string of the molecule is C#CCCNC1CCCSc2ccccc21.O=C(O)C=CC(=O)O. The molecular formula is C18H21NO4S. The minimum Gasteiger partial charge on any atom is -0.478 e. The summed E-state index contributed by atoms with van der Waals surface area (Å²) in [4.78, 5) is 20.5. The predicted molar refractivity (Wildman–Crippen MR) is 95.0 cm³/mol. The molecule has 5 nitrogen and oxygen atoms in total. The highest BCUT2D eigenvalue weighted by Crippen LogP contribution is 2.34. The fourth-order valence-electron chi connectivity index (χ4n) is 2.20. The molecule has 1 heterocycles. The molecule has 0 saturated carbocycles. The van der Waals surface area contributed by atoms with Crippen molar-refractivity contribution in [3.05, 3.63) is 42.0 Å². The first kappa shape index (κ1) is 19.8. The summed E-state index contributed by atoms with van der Waals surface area (Å²) in [5.74, 6) is 1.39. The van der Waals surface area contributed by atoms with Crippen LogP contribution in [0.1, 0.15) is 30.9 Å². The number of thioether (sulfide) groups is 1. The zero-order valence-electron chi connectivity index (χ0n) is 13.3. The molecule has 0 saturated heterocycles. The number of benzene rings is 1. The highest BCUT2D eigenvalue weighted by atomic mass is 32.2. The third kappa shape index (κ3) is 7.86. The first-order valence-corrected chi connectivity index (χ1v) is 8.55. The fraction of sp³-hybridized carbons (Fsp3) is 0.333. The molecule has 3 N–H and O–H groups in total. The van der Waals surface area contributed by atoms with Crippen LogP contribution < -0.4 is 5.32 Å². The van der Waals surface area contributed by atoms with Crippen LogP contribution in [0.15, 0.2) is 41.3 Å². The third-order valence-electron chi connectivity index (χ3n) is 3.22. The maximum atomic E-state index is 9.55. The van der Waals surface area contributed by atoms with E-state index in [0.29, 0.717) is 18.2 Å². The second kappa shape index (κ2) is 11.3. The number of hydrogen-bond donors (Lipinski definition) is 3. The second-order valence-corrected chi connectivity index (χ2v) is 6.14. The number of rotatable bonds is 5. The summed E-state index contributed by atoms with van der Waals surface area (Å²) in [6.07, 6.45) is 9.69. The molecule has 0 amide bonds. The largest absolute Gasteiger partial charge is 0.478 e. The Hall–Kier alpha value is -2.23. The minimum atomic E-state index is -1.26. The van der Waals surface area contributed by atoms with Gasteiger partial charge in [-0.05, 0) is 30.2 Å². The lowest BCUT2D eigenvalue weighted by Gasteiger charge is -2.18. The molecule has 1 aliphatic rings. The van der Waals surface area contributed by atoms with Crippen molar-refractivity contribution in [3.8, 4) is 12.3 Å². The van der Waals surface area contributed by atoms with Gasteiger partial charge in [0.25, 0.3) is 0 Å². The Labute approximate surface area is 146 Å². The Morgan fingerprint density at radius 1 is 1.29 bits per heavy atom. The molecular weight excluding hydrogens is 326 g/mol. The molecule has 1 unspecified atom stereocenters. The molecule has 128 valence electrons. The van der Waals surface area contributed by atoms with Crippen molar-refractivity contribution in [2.75, 3.05) is 12.3 Å². The lowest BCUT2D eigenvalue weighted by atomic mass is 10.0. The zero-order chi connectivity index (χ0) is 17.8. The highest BCUT2D eigenvalue weighted by molar-refractivity contribution is 7.99. The van der Waals surface area contributed by atoms with Gasteiger partial charge < -0.3 is 15.5 Å². The number of carboxylic acids is 2. The van der Waals surface area contributed by atoms with E-state index in [2.05, 4.69) is 35.5 Å². The van der Waals surface area contributed by atoms with E-state index >= 15 is 0 Å². The van der Waals surface area contributed by atoms with Crippen molar-refractivity contribution in [3.63, 3.8) is 0 Å². The van der Waals surface area contributed by atoms with E-state index in [1.807, 2.05) is 11.8 Å². The Balaban J connectivity index is 0.000000307. The highest BCUT2D eigenvalue weighted by Gasteiger charge is 2.17. The van der Waals surface area contributed by atoms with Crippen LogP contribution in [0.25, 0.3) is 0 Å². The van der Waals surface area contributed by atoms with Gasteiger partial charge in [0.05, 0.1) is 0 Å². The molecule has 0 spiro atoms. The molecule has 1 aliphatic heterocycles. The first-order chi connectivity index (χ1) is 11.5. The number of fused-ring (bicyclic) bond motifs is 1. The fourth-order valence-corrected chi connectivity index (χ4v) is 3.28. The van der Waals surface area contributed by atoms with E-state index in [0.717, 1.165) is 13.0 Å². The molecule has 0 aromatic heterocycles. The number of carbonyl (C=O) groups is 2. The third-order valence-corrected chi connectivity index (χ3v) is 4.39. The van der Waals surface area contributed by atoms with Gasteiger partial charge in [-0.2, -0.15) is 0 Å². The normalized spacial score (nSPS) is 16.2. The topological polar surface area (TPSA) is 86.6 Å². The van der Waals surface area contributed by atoms with Crippen LogP contribution in [0.5, 0.6) is 0 Å². The van der Waals surface area contributed by atoms with Crippen LogP contribution in [-0.2, 0) is 9.59 Å². The van der Waals surface area contributed by atoms with Crippen molar-refractivity contribution in [1.82, 2.24) is 5.32 Å². The van der Waals surface area contributed by atoms with E-state index < -0.39 is 11.9 Å². The summed E-state index contributed by atoms with van der Waals surface area (Å²) in [5.41, 5.74) is 1.45. The summed E-state index contributed by atoms with van der Waals surface area (Å²) in [6, 6.07) is 9.19. The van der Waals surface area contributed by atoms with Crippen LogP contribution in [0, 0.1) is 12.3 Å². The van der Waals surface area contributed by atoms with Crippen molar-refractivity contribution in [1.29, 1.82) is 0 Å². The van der Waals surface area contributed by atoms with E-state index in [4.69, 9.17) is 16.6 Å². The summed E-state index contributed by atoms with van der Waals surface area (Å²) < 4.78 is 0. The Bertz CT molecular complexity index is 606. The maximum absolute atomic E-state index is 9.55. The van der Waals surface area contributed by atoms with Gasteiger partial charge in [-0.1, -0.05) is 18.2 Å². The summed E-state index contributed by atoms with van der Waals surface area (Å²) >= 11 is 1.97. The molecule has 1 atom stereocenters. The van der Waals surface area contributed by atoms with Gasteiger partial charge in [-0.25, -0.2) is 9.59 Å². The monoisotopic (exact) mass is 347 g/mol. The molecule has 1 aromatic rings. The Morgan fingerprint density at radius 2 is 1.96 bits per heavy atom. The van der Waals surface area contributed by atoms with Crippen molar-refractivity contribution >= 4 is 23.7 Å². The Morgan fingerprint density at radius 3 is 2.58 bits per heavy atom. The number of hydrogen-bond acceptors (Lipinski definition) is 4. The number of aliphatic carboxylic acids is 2. The van der Waals surface area contributed by atoms with Crippen LogP contribution in [0.3, 0.4) is 0 Å². The summed E-state index contributed by atoms with van der Waals surface area (Å²) in [6.45, 7) is 0.917. The van der Waals surface area contributed by atoms with Crippen molar-refractivity contribution in [2.45, 2.75) is 30.2 Å². The van der Waals surface area contributed by atoms with Gasteiger partial charge in [-0.15, -0.1) is 24.1 Å². The predicted octanol–water partition coefficient (Wildman–Crippen LogP) is 2.94. The van der Waals surface area contributed by atoms with E-state index in [9.17, 15) is 9.59 Å². The second-order valence-electron chi connectivity index (χ2n) is 5.00. The van der Waals surface area contributed by atoms with E-state index in [-0.39, 0.29) is 0 Å². The summed E-state index contributed by atoms with van der Waals surface area (Å²) in [7, 11) is 0. The molecule has 0 fully saturated rings. The molecule has 24 heavy (non-hydrogen) atoms. The Kier molecular flexibility index (Phi) is 9.35. The van der Waals surface area contributed by atoms with E-state index in [1.165, 1.54) is 29.1 Å². The maximum Gasteiger partial charge on any atom is 0.328 e. The molecule has 2 rings (SSSR count). The van der Waals surface area contributed by atoms with Gasteiger partial charge >= 0.3 is 11.9 Å². The van der Waals surface area contributed by atoms with Crippen molar-refractivity contribution in [2.24, 2.45) is 0 Å². The lowest BCUT2D eigenvalue weighted by Crippen LogP contribution is -2.22. The van der Waals surface area contributed by atoms with Gasteiger partial charge in [0.15, 0.2) is 0 Å². The van der Waals surface area contributed by atoms with Crippen LogP contribution in [-0.4, -0.2) is 34.4 Å². The molecule has 1 aromatic carbocycles. The van der Waals surface area contributed by atoms with Gasteiger partial charge in [0, 0.05) is 36.1 Å².